The van der Waals surface area contributed by atoms with Crippen LogP contribution in [0.25, 0.3) is 5.52 Å². The van der Waals surface area contributed by atoms with Crippen LogP contribution in [0.3, 0.4) is 0 Å². The lowest BCUT2D eigenvalue weighted by atomic mass is 10.2. The van der Waals surface area contributed by atoms with Gasteiger partial charge in [0.15, 0.2) is 0 Å². The first-order valence-corrected chi connectivity index (χ1v) is 9.45. The Kier molecular flexibility index (Phi) is 5.11. The lowest BCUT2D eigenvalue weighted by Gasteiger charge is -2.10. The molecule has 0 unspecified atom stereocenters. The second-order valence-electron chi connectivity index (χ2n) is 6.67. The number of aromatic nitrogens is 3. The normalized spacial score (nSPS) is 10.7. The van der Waals surface area contributed by atoms with Gasteiger partial charge in [-0.1, -0.05) is 6.07 Å². The molecule has 146 valence electrons. The lowest BCUT2D eigenvalue weighted by molar-refractivity contribution is 0.102. The van der Waals surface area contributed by atoms with Crippen molar-refractivity contribution < 1.29 is 4.79 Å². The molecular weight excluding hydrogens is 364 g/mol. The molecule has 4 rings (SSSR count). The fraction of sp³-hybridized carbons (Fsp3) is 0.136. The van der Waals surface area contributed by atoms with Gasteiger partial charge in [-0.3, -0.25) is 4.79 Å². The van der Waals surface area contributed by atoms with Crippen LogP contribution >= 0.6 is 0 Å². The third kappa shape index (κ3) is 4.35. The summed E-state index contributed by atoms with van der Waals surface area (Å²) >= 11 is 0. The van der Waals surface area contributed by atoms with Gasteiger partial charge in [0.05, 0.1) is 5.56 Å². The van der Waals surface area contributed by atoms with E-state index in [1.54, 1.807) is 0 Å². The van der Waals surface area contributed by atoms with Crippen LogP contribution in [0.15, 0.2) is 67.0 Å². The van der Waals surface area contributed by atoms with E-state index in [-0.39, 0.29) is 5.91 Å². The summed E-state index contributed by atoms with van der Waals surface area (Å²) in [7, 11) is 0. The van der Waals surface area contributed by atoms with Crippen molar-refractivity contribution in [3.8, 4) is 0 Å². The maximum absolute atomic E-state index is 12.5. The molecule has 0 bridgehead atoms. The number of pyridine rings is 1. The number of nitrogens with one attached hydrogen (secondary N) is 3. The summed E-state index contributed by atoms with van der Waals surface area (Å²) in [5, 5.41) is 9.31. The van der Waals surface area contributed by atoms with E-state index in [2.05, 4.69) is 25.9 Å². The number of hydrogen-bond acceptors (Lipinski definition) is 5. The van der Waals surface area contributed by atoms with Crippen LogP contribution < -0.4 is 16.0 Å². The Bertz CT molecular complexity index is 1120. The Labute approximate surface area is 168 Å². The fourth-order valence-electron chi connectivity index (χ4n) is 3.04. The number of aryl methyl sites for hydroxylation is 1. The highest BCUT2D eigenvalue weighted by molar-refractivity contribution is 6.05. The van der Waals surface area contributed by atoms with Gasteiger partial charge < -0.3 is 20.4 Å². The summed E-state index contributed by atoms with van der Waals surface area (Å²) in [5.41, 5.74) is 4.07. The van der Waals surface area contributed by atoms with Gasteiger partial charge in [-0.2, -0.15) is 4.98 Å². The Morgan fingerprint density at radius 1 is 1.03 bits per heavy atom. The standard InChI is InChI=1S/C22H22N6O/c1-3-23-22-24-15(2)12-20(27-22)25-17-7-9-18(10-8-17)26-21(29)16-13-19-6-4-5-11-28(19)14-16/h4-14H,3H2,1-2H3,(H,26,29)(H2,23,24,25,27). The smallest absolute Gasteiger partial charge is 0.257 e. The van der Waals surface area contributed by atoms with Crippen molar-refractivity contribution >= 4 is 34.6 Å². The van der Waals surface area contributed by atoms with Gasteiger partial charge in [0.2, 0.25) is 5.95 Å². The highest BCUT2D eigenvalue weighted by Crippen LogP contribution is 2.20. The number of anilines is 4. The van der Waals surface area contributed by atoms with E-state index in [1.807, 2.05) is 85.2 Å². The SMILES string of the molecule is CCNc1nc(C)cc(Nc2ccc(NC(=O)c3cc4ccccn4c3)cc2)n1. The molecule has 1 aromatic carbocycles. The van der Waals surface area contributed by atoms with Crippen molar-refractivity contribution in [2.75, 3.05) is 22.5 Å². The molecule has 3 heterocycles. The van der Waals surface area contributed by atoms with E-state index in [0.29, 0.717) is 17.3 Å². The van der Waals surface area contributed by atoms with Crippen molar-refractivity contribution in [2.45, 2.75) is 13.8 Å². The predicted octanol–water partition coefficient (Wildman–Crippen LogP) is 4.47. The molecule has 0 aliphatic carbocycles. The van der Waals surface area contributed by atoms with Crippen LogP contribution in [0, 0.1) is 6.92 Å². The highest BCUT2D eigenvalue weighted by Gasteiger charge is 2.09. The zero-order valence-electron chi connectivity index (χ0n) is 16.3. The number of carbonyl (C=O) groups excluding carboxylic acids is 1. The number of carbonyl (C=O) groups is 1. The summed E-state index contributed by atoms with van der Waals surface area (Å²) in [4.78, 5) is 21.3. The molecule has 0 aliphatic rings. The molecule has 0 saturated carbocycles. The Morgan fingerprint density at radius 3 is 2.59 bits per heavy atom. The molecule has 0 spiro atoms. The van der Waals surface area contributed by atoms with Crippen LogP contribution in [0.5, 0.6) is 0 Å². The molecule has 0 radical (unpaired) electrons. The average molecular weight is 386 g/mol. The Hall–Kier alpha value is -3.87. The minimum absolute atomic E-state index is 0.142. The second-order valence-corrected chi connectivity index (χ2v) is 6.67. The van der Waals surface area contributed by atoms with Gasteiger partial charge in [0.1, 0.15) is 5.82 Å². The number of hydrogen-bond donors (Lipinski definition) is 3. The van der Waals surface area contributed by atoms with Crippen molar-refractivity contribution in [1.82, 2.24) is 14.4 Å². The number of nitrogens with zero attached hydrogens (tertiary/aromatic N) is 3. The first-order valence-electron chi connectivity index (χ1n) is 9.45. The van der Waals surface area contributed by atoms with Gasteiger partial charge in [0.25, 0.3) is 5.91 Å². The van der Waals surface area contributed by atoms with E-state index in [1.165, 1.54) is 0 Å². The molecule has 3 N–H and O–H groups in total. The van der Waals surface area contributed by atoms with Crippen LogP contribution in [-0.2, 0) is 0 Å². The van der Waals surface area contributed by atoms with Gasteiger partial charge in [-0.25, -0.2) is 4.98 Å². The van der Waals surface area contributed by atoms with Gasteiger partial charge >= 0.3 is 0 Å². The molecule has 3 aromatic heterocycles. The van der Waals surface area contributed by atoms with Gasteiger partial charge in [-0.15, -0.1) is 0 Å². The van der Waals surface area contributed by atoms with Gasteiger partial charge in [-0.05, 0) is 56.3 Å². The van der Waals surface area contributed by atoms with Crippen molar-refractivity contribution in [3.63, 3.8) is 0 Å². The molecule has 7 nitrogen and oxygen atoms in total. The Balaban J connectivity index is 1.44. The summed E-state index contributed by atoms with van der Waals surface area (Å²) in [5.74, 6) is 1.17. The van der Waals surface area contributed by atoms with Crippen LogP contribution in [-0.4, -0.2) is 26.8 Å². The molecule has 4 aromatic rings. The molecular formula is C22H22N6O. The largest absolute Gasteiger partial charge is 0.354 e. The molecule has 7 heteroatoms. The first-order chi connectivity index (χ1) is 14.1. The minimum Gasteiger partial charge on any atom is -0.354 e. The molecule has 0 atom stereocenters. The number of amides is 1. The molecule has 1 amide bonds. The topological polar surface area (TPSA) is 83.4 Å². The van der Waals surface area contributed by atoms with Crippen molar-refractivity contribution in [3.05, 3.63) is 78.2 Å². The third-order valence-corrected chi connectivity index (χ3v) is 4.37. The zero-order chi connectivity index (χ0) is 20.2. The molecule has 29 heavy (non-hydrogen) atoms. The molecule has 0 fully saturated rings. The third-order valence-electron chi connectivity index (χ3n) is 4.37. The molecule has 0 saturated heterocycles. The minimum atomic E-state index is -0.142. The summed E-state index contributed by atoms with van der Waals surface area (Å²) in [6.07, 6.45) is 3.74. The Morgan fingerprint density at radius 2 is 1.83 bits per heavy atom. The van der Waals surface area contributed by atoms with Crippen LogP contribution in [0.4, 0.5) is 23.1 Å². The zero-order valence-corrected chi connectivity index (χ0v) is 16.3. The van der Waals surface area contributed by atoms with E-state index in [4.69, 9.17) is 0 Å². The average Bonchev–Trinajstić information content (AvgIpc) is 3.14. The van der Waals surface area contributed by atoms with Crippen LogP contribution in [0.2, 0.25) is 0 Å². The van der Waals surface area contributed by atoms with Gasteiger partial charge in [0, 0.05) is 47.6 Å². The first kappa shape index (κ1) is 18.5. The van der Waals surface area contributed by atoms with Crippen LogP contribution in [0.1, 0.15) is 23.0 Å². The van der Waals surface area contributed by atoms with Crippen molar-refractivity contribution in [1.29, 1.82) is 0 Å². The summed E-state index contributed by atoms with van der Waals surface area (Å²) in [6.45, 7) is 4.69. The summed E-state index contributed by atoms with van der Waals surface area (Å²) in [6, 6.07) is 17.1. The fourth-order valence-corrected chi connectivity index (χ4v) is 3.04. The quantitative estimate of drug-likeness (QED) is 0.455. The maximum Gasteiger partial charge on any atom is 0.257 e. The number of fused-ring (bicyclic) bond motifs is 1. The highest BCUT2D eigenvalue weighted by atomic mass is 16.1. The predicted molar refractivity (Wildman–Crippen MR) is 116 cm³/mol. The van der Waals surface area contributed by atoms with E-state index in [0.717, 1.165) is 29.1 Å². The molecule has 0 aliphatic heterocycles. The number of benzene rings is 1. The van der Waals surface area contributed by atoms with Crippen molar-refractivity contribution in [2.24, 2.45) is 0 Å². The maximum atomic E-state index is 12.5. The number of rotatable bonds is 6. The second kappa shape index (κ2) is 8.02. The summed E-state index contributed by atoms with van der Waals surface area (Å²) < 4.78 is 1.92. The van der Waals surface area contributed by atoms with E-state index in [9.17, 15) is 4.79 Å². The lowest BCUT2D eigenvalue weighted by Crippen LogP contribution is -2.10. The van der Waals surface area contributed by atoms with E-state index >= 15 is 0 Å². The monoisotopic (exact) mass is 386 g/mol. The van der Waals surface area contributed by atoms with E-state index < -0.39 is 0 Å².